The van der Waals surface area contributed by atoms with Crippen molar-refractivity contribution in [2.45, 2.75) is 58.9 Å². The van der Waals surface area contributed by atoms with Crippen LogP contribution in [0.3, 0.4) is 0 Å². The van der Waals surface area contributed by atoms with Crippen LogP contribution in [0.5, 0.6) is 0 Å². The normalized spacial score (nSPS) is 25.7. The van der Waals surface area contributed by atoms with E-state index in [9.17, 15) is 4.79 Å². The van der Waals surface area contributed by atoms with Gasteiger partial charge in [0, 0.05) is 12.0 Å². The van der Waals surface area contributed by atoms with Crippen molar-refractivity contribution in [1.29, 1.82) is 0 Å². The van der Waals surface area contributed by atoms with E-state index in [-0.39, 0.29) is 22.5 Å². The second-order valence-electron chi connectivity index (χ2n) is 6.96. The Morgan fingerprint density at radius 2 is 1.88 bits per heavy atom. The molecule has 0 radical (unpaired) electrons. The summed E-state index contributed by atoms with van der Waals surface area (Å²) in [5.41, 5.74) is -0.0907. The first-order valence-corrected chi connectivity index (χ1v) is 8.84. The van der Waals surface area contributed by atoms with Crippen molar-refractivity contribution in [3.63, 3.8) is 0 Å². The highest BCUT2D eigenvalue weighted by Crippen LogP contribution is 2.40. The van der Waals surface area contributed by atoms with Gasteiger partial charge < -0.3 is 9.74 Å². The fourth-order valence-electron chi connectivity index (χ4n) is 1.54. The number of carbonyl (C=O) groups is 1. The second kappa shape index (κ2) is 3.84. The van der Waals surface area contributed by atoms with Crippen LogP contribution in [-0.4, -0.2) is 26.9 Å². The fourth-order valence-corrected chi connectivity index (χ4v) is 2.91. The van der Waals surface area contributed by atoms with Gasteiger partial charge in [-0.1, -0.05) is 34.6 Å². The first kappa shape index (κ1) is 13.7. The minimum absolute atomic E-state index is 0.0508. The van der Waals surface area contributed by atoms with E-state index in [1.54, 1.807) is 0 Å². The van der Waals surface area contributed by atoms with Crippen molar-refractivity contribution in [2.75, 3.05) is 6.54 Å². The molecule has 3 nitrogen and oxygen atoms in total. The van der Waals surface area contributed by atoms with Gasteiger partial charge in [-0.3, -0.25) is 4.79 Å². The van der Waals surface area contributed by atoms with E-state index in [0.717, 1.165) is 0 Å². The number of hydrogen-bond donors (Lipinski definition) is 1. The Balaban J connectivity index is 2.85. The van der Waals surface area contributed by atoms with Crippen molar-refractivity contribution < 1.29 is 9.22 Å². The largest absolute Gasteiger partial charge is 0.404 e. The molecule has 1 aliphatic heterocycles. The number of hydrogen-bond acceptors (Lipinski definition) is 2. The molecule has 1 fully saturated rings. The monoisotopic (exact) mass is 243 g/mol. The van der Waals surface area contributed by atoms with Crippen molar-refractivity contribution >= 4 is 14.2 Å². The van der Waals surface area contributed by atoms with E-state index < -0.39 is 8.32 Å². The topological polar surface area (TPSA) is 38.3 Å². The maximum absolute atomic E-state index is 11.8. The van der Waals surface area contributed by atoms with E-state index in [2.05, 4.69) is 53.0 Å². The standard InChI is InChI=1S/C12H25NO2Si/c1-11(2,3)16(6,7)15-9-10(14)13-8-12(9,4)5/h9H,8H2,1-7H3,(H,13,14). The van der Waals surface area contributed by atoms with Crippen molar-refractivity contribution in [1.82, 2.24) is 5.32 Å². The lowest BCUT2D eigenvalue weighted by atomic mass is 9.90. The summed E-state index contributed by atoms with van der Waals surface area (Å²) >= 11 is 0. The van der Waals surface area contributed by atoms with Crippen LogP contribution in [0.25, 0.3) is 0 Å². The fraction of sp³-hybridized carbons (Fsp3) is 0.917. The Hall–Kier alpha value is -0.353. The molecule has 0 bridgehead atoms. The molecule has 1 rings (SSSR count). The van der Waals surface area contributed by atoms with E-state index in [0.29, 0.717) is 6.54 Å². The van der Waals surface area contributed by atoms with Gasteiger partial charge in [-0.25, -0.2) is 0 Å². The SMILES string of the molecule is CC1(C)CNC(=O)C1O[Si](C)(C)C(C)(C)C. The van der Waals surface area contributed by atoms with Crippen LogP contribution >= 0.6 is 0 Å². The molecule has 0 aromatic heterocycles. The Labute approximate surface area is 100 Å². The van der Waals surface area contributed by atoms with Crippen LogP contribution in [0.2, 0.25) is 18.1 Å². The van der Waals surface area contributed by atoms with E-state index in [4.69, 9.17) is 4.43 Å². The van der Waals surface area contributed by atoms with Gasteiger partial charge in [0.15, 0.2) is 8.32 Å². The third-order valence-electron chi connectivity index (χ3n) is 3.88. The Bertz CT molecular complexity index is 292. The summed E-state index contributed by atoms with van der Waals surface area (Å²) in [4.78, 5) is 11.8. The van der Waals surface area contributed by atoms with Gasteiger partial charge in [0.05, 0.1) is 0 Å². The molecule has 0 saturated carbocycles. The zero-order chi connectivity index (χ0) is 12.8. The summed E-state index contributed by atoms with van der Waals surface area (Å²) in [7, 11) is -1.86. The van der Waals surface area contributed by atoms with Gasteiger partial charge in [0.25, 0.3) is 0 Å². The Morgan fingerprint density at radius 1 is 1.38 bits per heavy atom. The van der Waals surface area contributed by atoms with Crippen molar-refractivity contribution in [2.24, 2.45) is 5.41 Å². The van der Waals surface area contributed by atoms with Crippen LogP contribution in [0.1, 0.15) is 34.6 Å². The maximum Gasteiger partial charge on any atom is 0.248 e. The average molecular weight is 243 g/mol. The van der Waals surface area contributed by atoms with Crippen LogP contribution < -0.4 is 5.32 Å². The van der Waals surface area contributed by atoms with Crippen LogP contribution in [-0.2, 0) is 9.22 Å². The predicted molar refractivity (Wildman–Crippen MR) is 68.9 cm³/mol. The highest BCUT2D eigenvalue weighted by Gasteiger charge is 2.48. The third-order valence-corrected chi connectivity index (χ3v) is 8.32. The predicted octanol–water partition coefficient (Wildman–Crippen LogP) is 2.53. The molecule has 0 aromatic carbocycles. The van der Waals surface area contributed by atoms with Gasteiger partial charge in [-0.15, -0.1) is 0 Å². The minimum atomic E-state index is -1.86. The number of carbonyl (C=O) groups excluding carboxylic acids is 1. The van der Waals surface area contributed by atoms with Gasteiger partial charge in [-0.05, 0) is 18.1 Å². The summed E-state index contributed by atoms with van der Waals surface area (Å²) in [6, 6.07) is 0. The van der Waals surface area contributed by atoms with Gasteiger partial charge >= 0.3 is 0 Å². The first-order valence-electron chi connectivity index (χ1n) is 5.93. The lowest BCUT2D eigenvalue weighted by Crippen LogP contribution is -2.48. The zero-order valence-electron chi connectivity index (χ0n) is 11.6. The molecule has 4 heteroatoms. The molecule has 1 heterocycles. The zero-order valence-corrected chi connectivity index (χ0v) is 12.6. The molecule has 0 aliphatic carbocycles. The second-order valence-corrected chi connectivity index (χ2v) is 11.7. The van der Waals surface area contributed by atoms with Crippen LogP contribution in [0.4, 0.5) is 0 Å². The smallest absolute Gasteiger partial charge is 0.248 e. The molecule has 1 N–H and O–H groups in total. The molecular formula is C12H25NO2Si. The molecule has 16 heavy (non-hydrogen) atoms. The van der Waals surface area contributed by atoms with Gasteiger partial charge in [-0.2, -0.15) is 0 Å². The number of rotatable bonds is 2. The summed E-state index contributed by atoms with van der Waals surface area (Å²) in [6.45, 7) is 15.8. The highest BCUT2D eigenvalue weighted by molar-refractivity contribution is 6.74. The van der Waals surface area contributed by atoms with Gasteiger partial charge in [0.1, 0.15) is 6.10 Å². The Morgan fingerprint density at radius 3 is 2.19 bits per heavy atom. The molecule has 1 atom stereocenters. The molecule has 1 saturated heterocycles. The van der Waals surface area contributed by atoms with Crippen LogP contribution in [0, 0.1) is 5.41 Å². The lowest BCUT2D eigenvalue weighted by Gasteiger charge is -2.40. The van der Waals surface area contributed by atoms with Gasteiger partial charge in [0.2, 0.25) is 5.91 Å². The van der Waals surface area contributed by atoms with E-state index in [1.807, 2.05) is 0 Å². The average Bonchev–Trinajstić information content (AvgIpc) is 2.29. The molecule has 0 spiro atoms. The van der Waals surface area contributed by atoms with Crippen molar-refractivity contribution in [3.8, 4) is 0 Å². The molecule has 0 aromatic rings. The summed E-state index contributed by atoms with van der Waals surface area (Å²) < 4.78 is 6.22. The summed E-state index contributed by atoms with van der Waals surface area (Å²) in [5.74, 6) is 0.0508. The summed E-state index contributed by atoms with van der Waals surface area (Å²) in [6.07, 6.45) is -0.284. The van der Waals surface area contributed by atoms with Crippen LogP contribution in [0.15, 0.2) is 0 Å². The molecular weight excluding hydrogens is 218 g/mol. The number of nitrogens with one attached hydrogen (secondary N) is 1. The van der Waals surface area contributed by atoms with E-state index >= 15 is 0 Å². The molecule has 94 valence electrons. The molecule has 1 amide bonds. The lowest BCUT2D eigenvalue weighted by molar-refractivity contribution is -0.127. The first-order chi connectivity index (χ1) is 6.97. The molecule has 1 unspecified atom stereocenters. The maximum atomic E-state index is 11.8. The highest BCUT2D eigenvalue weighted by atomic mass is 28.4. The summed E-state index contributed by atoms with van der Waals surface area (Å²) in [5, 5.41) is 3.04. The van der Waals surface area contributed by atoms with E-state index in [1.165, 1.54) is 0 Å². The quantitative estimate of drug-likeness (QED) is 0.757. The van der Waals surface area contributed by atoms with Crippen molar-refractivity contribution in [3.05, 3.63) is 0 Å². The molecule has 1 aliphatic rings. The minimum Gasteiger partial charge on any atom is -0.404 e. The third kappa shape index (κ3) is 2.48. The Kier molecular flexibility index (Phi) is 3.29. The number of amides is 1.